The lowest BCUT2D eigenvalue weighted by Crippen LogP contribution is -2.41. The quantitative estimate of drug-likeness (QED) is 0.852. The number of nitrogens with one attached hydrogen (secondary N) is 1. The molecular formula is C15H24N4O. The average molecular weight is 276 g/mol. The van der Waals surface area contributed by atoms with E-state index in [-0.39, 0.29) is 0 Å². The highest BCUT2D eigenvalue weighted by Crippen LogP contribution is 2.19. The summed E-state index contributed by atoms with van der Waals surface area (Å²) in [4.78, 5) is 17.8. The van der Waals surface area contributed by atoms with Gasteiger partial charge in [-0.1, -0.05) is 0 Å². The van der Waals surface area contributed by atoms with E-state index in [0.717, 1.165) is 25.5 Å². The van der Waals surface area contributed by atoms with E-state index < -0.39 is 5.91 Å². The predicted octanol–water partition coefficient (Wildman–Crippen LogP) is 1.39. The van der Waals surface area contributed by atoms with Crippen LogP contribution in [0.15, 0.2) is 18.3 Å². The Balaban J connectivity index is 2.09. The minimum Gasteiger partial charge on any atom is -0.366 e. The number of anilines is 1. The van der Waals surface area contributed by atoms with Crippen molar-refractivity contribution in [2.75, 3.05) is 24.5 Å². The maximum atomic E-state index is 11.1. The molecule has 5 nitrogen and oxygen atoms in total. The summed E-state index contributed by atoms with van der Waals surface area (Å²) < 4.78 is 0. The smallest absolute Gasteiger partial charge is 0.250 e. The van der Waals surface area contributed by atoms with Crippen molar-refractivity contribution in [1.82, 2.24) is 10.3 Å². The second-order valence-corrected chi connectivity index (χ2v) is 5.73. The Bertz CT molecular complexity index is 438. The van der Waals surface area contributed by atoms with Crippen LogP contribution in [0.4, 0.5) is 5.82 Å². The minimum absolute atomic E-state index is 0.379. The summed E-state index contributed by atoms with van der Waals surface area (Å²) in [5.74, 6) is 1.14. The number of carbonyl (C=O) groups is 1. The number of nitrogens with zero attached hydrogens (tertiary/aromatic N) is 2. The van der Waals surface area contributed by atoms with E-state index >= 15 is 0 Å². The van der Waals surface area contributed by atoms with Gasteiger partial charge in [-0.15, -0.1) is 0 Å². The Morgan fingerprint density at radius 1 is 1.55 bits per heavy atom. The fraction of sp³-hybridized carbons (Fsp3) is 0.600. The van der Waals surface area contributed by atoms with E-state index in [0.29, 0.717) is 17.5 Å². The predicted molar refractivity (Wildman–Crippen MR) is 80.8 cm³/mol. The topological polar surface area (TPSA) is 71.2 Å². The van der Waals surface area contributed by atoms with E-state index in [4.69, 9.17) is 5.73 Å². The number of pyridine rings is 1. The van der Waals surface area contributed by atoms with Crippen LogP contribution in [0.1, 0.15) is 37.0 Å². The fourth-order valence-electron chi connectivity index (χ4n) is 2.63. The van der Waals surface area contributed by atoms with Crippen LogP contribution in [0.5, 0.6) is 0 Å². The first-order chi connectivity index (χ1) is 9.58. The first-order valence-electron chi connectivity index (χ1n) is 7.31. The second kappa shape index (κ2) is 6.70. The molecule has 1 saturated heterocycles. The number of nitrogens with two attached hydrogens (primary N) is 1. The van der Waals surface area contributed by atoms with Crippen molar-refractivity contribution in [1.29, 1.82) is 0 Å². The van der Waals surface area contributed by atoms with Gasteiger partial charge in [-0.2, -0.15) is 0 Å². The van der Waals surface area contributed by atoms with Crippen LogP contribution < -0.4 is 16.0 Å². The molecule has 0 radical (unpaired) electrons. The number of hydrogen-bond donors (Lipinski definition) is 2. The van der Waals surface area contributed by atoms with E-state index in [1.54, 1.807) is 12.3 Å². The van der Waals surface area contributed by atoms with Gasteiger partial charge in [0.25, 0.3) is 0 Å². The highest BCUT2D eigenvalue weighted by molar-refractivity contribution is 5.92. The van der Waals surface area contributed by atoms with Crippen LogP contribution in [0.3, 0.4) is 0 Å². The third-order valence-electron chi connectivity index (χ3n) is 3.80. The molecule has 0 aliphatic carbocycles. The summed E-state index contributed by atoms with van der Waals surface area (Å²) in [5, 5.41) is 3.45. The largest absolute Gasteiger partial charge is 0.366 e. The summed E-state index contributed by atoms with van der Waals surface area (Å²) in [5.41, 5.74) is 5.70. The number of rotatable bonds is 5. The molecule has 0 saturated carbocycles. The first-order valence-corrected chi connectivity index (χ1v) is 7.31. The molecule has 3 N–H and O–H groups in total. The molecule has 1 fully saturated rings. The van der Waals surface area contributed by atoms with Gasteiger partial charge in [0.2, 0.25) is 5.91 Å². The van der Waals surface area contributed by atoms with Gasteiger partial charge in [0.15, 0.2) is 0 Å². The third kappa shape index (κ3) is 3.70. The summed E-state index contributed by atoms with van der Waals surface area (Å²) in [6, 6.07) is 4.01. The van der Waals surface area contributed by atoms with Crippen molar-refractivity contribution >= 4 is 11.7 Å². The molecule has 0 spiro atoms. The number of hydrogen-bond acceptors (Lipinski definition) is 4. The Morgan fingerprint density at radius 3 is 2.85 bits per heavy atom. The van der Waals surface area contributed by atoms with E-state index in [2.05, 4.69) is 29.0 Å². The number of piperidine rings is 1. The van der Waals surface area contributed by atoms with Crippen LogP contribution in [0.2, 0.25) is 0 Å². The Labute approximate surface area is 120 Å². The zero-order valence-corrected chi connectivity index (χ0v) is 12.3. The van der Waals surface area contributed by atoms with Crippen LogP contribution in [0, 0.1) is 5.92 Å². The normalized spacial score (nSPS) is 19.1. The molecule has 110 valence electrons. The van der Waals surface area contributed by atoms with Gasteiger partial charge in [-0.25, -0.2) is 4.98 Å². The molecule has 2 rings (SSSR count). The highest BCUT2D eigenvalue weighted by atomic mass is 16.1. The van der Waals surface area contributed by atoms with Gasteiger partial charge in [0.1, 0.15) is 5.82 Å². The Hall–Kier alpha value is -1.62. The van der Waals surface area contributed by atoms with Crippen molar-refractivity contribution in [3.8, 4) is 0 Å². The monoisotopic (exact) mass is 276 g/mol. The lowest BCUT2D eigenvalue weighted by molar-refractivity contribution is 0.1000. The van der Waals surface area contributed by atoms with Crippen LogP contribution in [0.25, 0.3) is 0 Å². The van der Waals surface area contributed by atoms with Crippen LogP contribution in [-0.2, 0) is 0 Å². The highest BCUT2D eigenvalue weighted by Gasteiger charge is 2.20. The minimum atomic E-state index is -0.434. The summed E-state index contributed by atoms with van der Waals surface area (Å²) in [7, 11) is 0. The van der Waals surface area contributed by atoms with Gasteiger partial charge in [0.05, 0.1) is 5.56 Å². The number of amides is 1. The molecule has 1 aromatic heterocycles. The number of primary amides is 1. The van der Waals surface area contributed by atoms with E-state index in [1.807, 2.05) is 6.07 Å². The lowest BCUT2D eigenvalue weighted by atomic mass is 9.98. The molecule has 2 heterocycles. The molecule has 20 heavy (non-hydrogen) atoms. The average Bonchev–Trinajstić information content (AvgIpc) is 2.45. The van der Waals surface area contributed by atoms with Crippen molar-refractivity contribution in [2.45, 2.75) is 32.7 Å². The molecular weight excluding hydrogens is 252 g/mol. The van der Waals surface area contributed by atoms with Gasteiger partial charge in [0, 0.05) is 18.8 Å². The molecule has 1 aliphatic heterocycles. The zero-order valence-electron chi connectivity index (χ0n) is 12.3. The summed E-state index contributed by atoms with van der Waals surface area (Å²) in [6.07, 6.45) is 4.06. The van der Waals surface area contributed by atoms with Gasteiger partial charge in [-0.3, -0.25) is 4.79 Å². The fourth-order valence-corrected chi connectivity index (χ4v) is 2.63. The van der Waals surface area contributed by atoms with Crippen molar-refractivity contribution < 1.29 is 4.79 Å². The van der Waals surface area contributed by atoms with Crippen LogP contribution >= 0.6 is 0 Å². The van der Waals surface area contributed by atoms with Gasteiger partial charge in [-0.05, 0) is 57.8 Å². The van der Waals surface area contributed by atoms with Crippen LogP contribution in [-0.4, -0.2) is 36.6 Å². The Kier molecular flexibility index (Phi) is 4.95. The van der Waals surface area contributed by atoms with Crippen molar-refractivity contribution in [2.24, 2.45) is 11.7 Å². The second-order valence-electron chi connectivity index (χ2n) is 5.73. The SMILES string of the molecule is CC(C)N(CC1CCCNC1)c1ccc(C(N)=O)cn1. The third-order valence-corrected chi connectivity index (χ3v) is 3.80. The molecule has 1 aromatic rings. The number of aromatic nitrogens is 1. The molecule has 1 amide bonds. The molecule has 0 bridgehead atoms. The molecule has 5 heteroatoms. The lowest BCUT2D eigenvalue weighted by Gasteiger charge is -2.33. The molecule has 1 atom stereocenters. The maximum absolute atomic E-state index is 11.1. The zero-order chi connectivity index (χ0) is 14.5. The number of carbonyl (C=O) groups excluding carboxylic acids is 1. The van der Waals surface area contributed by atoms with E-state index in [1.165, 1.54) is 12.8 Å². The Morgan fingerprint density at radius 2 is 2.35 bits per heavy atom. The standard InChI is InChI=1S/C15H24N4O/c1-11(2)19(10-12-4-3-7-17-8-12)14-6-5-13(9-18-14)15(16)20/h5-6,9,11-12,17H,3-4,7-8,10H2,1-2H3,(H2,16,20). The van der Waals surface area contributed by atoms with Gasteiger partial charge < -0.3 is 16.0 Å². The van der Waals surface area contributed by atoms with Crippen molar-refractivity contribution in [3.05, 3.63) is 23.9 Å². The summed E-state index contributed by atoms with van der Waals surface area (Å²) >= 11 is 0. The maximum Gasteiger partial charge on any atom is 0.250 e. The van der Waals surface area contributed by atoms with E-state index in [9.17, 15) is 4.79 Å². The van der Waals surface area contributed by atoms with Gasteiger partial charge >= 0.3 is 0 Å². The first kappa shape index (κ1) is 14.8. The summed E-state index contributed by atoms with van der Waals surface area (Å²) in [6.45, 7) is 7.53. The van der Waals surface area contributed by atoms with Crippen molar-refractivity contribution in [3.63, 3.8) is 0 Å². The molecule has 1 unspecified atom stereocenters. The molecule has 1 aliphatic rings. The molecule has 0 aromatic carbocycles.